The highest BCUT2D eigenvalue weighted by Crippen LogP contribution is 2.31. The number of benzene rings is 1. The number of hydrogen-bond donors (Lipinski definition) is 2. The van der Waals surface area contributed by atoms with Gasteiger partial charge in [-0.2, -0.15) is 13.2 Å². The lowest BCUT2D eigenvalue weighted by Gasteiger charge is -2.14. The second-order valence-electron chi connectivity index (χ2n) is 4.01. The molecule has 0 bridgehead atoms. The monoisotopic (exact) mass is 282 g/mol. The highest BCUT2D eigenvalue weighted by Gasteiger charge is 2.30. The van der Waals surface area contributed by atoms with Gasteiger partial charge >= 0.3 is 6.18 Å². The lowest BCUT2D eigenvalue weighted by molar-refractivity contribution is -0.137. The molecule has 0 saturated carbocycles. The molecule has 2 nitrogen and oxygen atoms in total. The fraction of sp³-hybridized carbons (Fsp3) is 0.500. The molecule has 0 amide bonds. The second kappa shape index (κ2) is 7.61. The van der Waals surface area contributed by atoms with Gasteiger partial charge in [-0.1, -0.05) is 18.6 Å². The van der Waals surface area contributed by atoms with Crippen molar-refractivity contribution in [2.24, 2.45) is 11.5 Å². The lowest BCUT2D eigenvalue weighted by atomic mass is 10.00. The molecule has 0 radical (unpaired) electrons. The third kappa shape index (κ3) is 5.25. The van der Waals surface area contributed by atoms with Crippen molar-refractivity contribution < 1.29 is 13.2 Å². The molecule has 1 aromatic rings. The summed E-state index contributed by atoms with van der Waals surface area (Å²) >= 11 is 0. The van der Waals surface area contributed by atoms with E-state index in [4.69, 9.17) is 11.5 Å². The summed E-state index contributed by atoms with van der Waals surface area (Å²) in [6, 6.07) is 4.83. The number of halogens is 4. The number of hydrogen-bond acceptors (Lipinski definition) is 2. The highest BCUT2D eigenvalue weighted by molar-refractivity contribution is 5.85. The van der Waals surface area contributed by atoms with Crippen LogP contribution in [-0.4, -0.2) is 6.54 Å². The van der Waals surface area contributed by atoms with Crippen molar-refractivity contribution in [2.75, 3.05) is 6.54 Å². The minimum atomic E-state index is -4.31. The predicted octanol–water partition coefficient (Wildman–Crippen LogP) is 3.26. The maximum absolute atomic E-state index is 12.5. The minimum Gasteiger partial charge on any atom is -0.330 e. The SMILES string of the molecule is Cl.NCCCC[C@H](N)c1cccc(C(F)(F)F)c1. The van der Waals surface area contributed by atoms with Crippen LogP contribution in [0.5, 0.6) is 0 Å². The van der Waals surface area contributed by atoms with E-state index in [0.29, 0.717) is 18.5 Å². The molecule has 1 atom stereocenters. The van der Waals surface area contributed by atoms with Gasteiger partial charge in [0.2, 0.25) is 0 Å². The van der Waals surface area contributed by atoms with Gasteiger partial charge in [0.1, 0.15) is 0 Å². The third-order valence-electron chi connectivity index (χ3n) is 2.61. The van der Waals surface area contributed by atoms with Crippen LogP contribution in [-0.2, 0) is 6.18 Å². The Morgan fingerprint density at radius 3 is 2.39 bits per heavy atom. The van der Waals surface area contributed by atoms with Crippen LogP contribution >= 0.6 is 12.4 Å². The van der Waals surface area contributed by atoms with E-state index in [1.807, 2.05) is 0 Å². The van der Waals surface area contributed by atoms with Crippen molar-refractivity contribution in [3.8, 4) is 0 Å². The Kier molecular flexibility index (Phi) is 7.28. The normalized spacial score (nSPS) is 12.9. The van der Waals surface area contributed by atoms with Crippen LogP contribution in [0.1, 0.15) is 36.4 Å². The van der Waals surface area contributed by atoms with Crippen LogP contribution in [0.25, 0.3) is 0 Å². The van der Waals surface area contributed by atoms with Crippen molar-refractivity contribution in [3.63, 3.8) is 0 Å². The van der Waals surface area contributed by atoms with E-state index in [0.717, 1.165) is 25.0 Å². The average Bonchev–Trinajstić information content (AvgIpc) is 2.28. The summed E-state index contributed by atoms with van der Waals surface area (Å²) < 4.78 is 37.4. The average molecular weight is 283 g/mol. The van der Waals surface area contributed by atoms with Crippen LogP contribution in [0.4, 0.5) is 13.2 Å². The zero-order valence-electron chi connectivity index (χ0n) is 9.91. The zero-order chi connectivity index (χ0) is 12.9. The molecular weight excluding hydrogens is 265 g/mol. The Labute approximate surface area is 111 Å². The maximum Gasteiger partial charge on any atom is 0.416 e. The number of rotatable bonds is 5. The van der Waals surface area contributed by atoms with Crippen molar-refractivity contribution >= 4 is 12.4 Å². The molecule has 4 N–H and O–H groups in total. The topological polar surface area (TPSA) is 52.0 Å². The molecule has 0 heterocycles. The van der Waals surface area contributed by atoms with E-state index in [1.54, 1.807) is 6.07 Å². The summed E-state index contributed by atoms with van der Waals surface area (Å²) in [7, 11) is 0. The fourth-order valence-electron chi connectivity index (χ4n) is 1.62. The Hall–Kier alpha value is -0.780. The summed E-state index contributed by atoms with van der Waals surface area (Å²) in [5.41, 5.74) is 11.1. The first-order valence-electron chi connectivity index (χ1n) is 5.58. The summed E-state index contributed by atoms with van der Waals surface area (Å²) in [6.45, 7) is 0.579. The van der Waals surface area contributed by atoms with Crippen LogP contribution in [0.2, 0.25) is 0 Å². The molecule has 1 rings (SSSR count). The van der Waals surface area contributed by atoms with Crippen molar-refractivity contribution in [3.05, 3.63) is 35.4 Å². The first kappa shape index (κ1) is 17.2. The Bertz CT molecular complexity index is 355. The van der Waals surface area contributed by atoms with Gasteiger partial charge in [-0.3, -0.25) is 0 Å². The van der Waals surface area contributed by atoms with E-state index in [2.05, 4.69) is 0 Å². The fourth-order valence-corrected chi connectivity index (χ4v) is 1.62. The van der Waals surface area contributed by atoms with Crippen LogP contribution in [0.3, 0.4) is 0 Å². The number of nitrogens with two attached hydrogens (primary N) is 2. The predicted molar refractivity (Wildman–Crippen MR) is 68.5 cm³/mol. The largest absolute Gasteiger partial charge is 0.416 e. The molecule has 6 heteroatoms. The Morgan fingerprint density at radius 2 is 1.83 bits per heavy atom. The number of unbranched alkanes of at least 4 members (excludes halogenated alkanes) is 1. The van der Waals surface area contributed by atoms with Gasteiger partial charge in [-0.15, -0.1) is 12.4 Å². The molecular formula is C12H18ClF3N2. The van der Waals surface area contributed by atoms with Gasteiger partial charge in [0.05, 0.1) is 5.56 Å². The maximum atomic E-state index is 12.5. The summed E-state index contributed by atoms with van der Waals surface area (Å²) in [5.74, 6) is 0. The molecule has 0 aliphatic rings. The quantitative estimate of drug-likeness (QED) is 0.815. The van der Waals surface area contributed by atoms with Gasteiger partial charge in [0.15, 0.2) is 0 Å². The first-order valence-corrected chi connectivity index (χ1v) is 5.58. The van der Waals surface area contributed by atoms with Gasteiger partial charge in [-0.25, -0.2) is 0 Å². The molecule has 0 unspecified atom stereocenters. The second-order valence-corrected chi connectivity index (χ2v) is 4.01. The summed E-state index contributed by atoms with van der Waals surface area (Å²) in [4.78, 5) is 0. The standard InChI is InChI=1S/C12H17F3N2.ClH/c13-12(14,15)10-5-3-4-9(8-10)11(17)6-1-2-7-16;/h3-5,8,11H,1-2,6-7,16-17H2;1H/t11-;/m0./s1. The van der Waals surface area contributed by atoms with Crippen LogP contribution in [0.15, 0.2) is 24.3 Å². The van der Waals surface area contributed by atoms with Crippen molar-refractivity contribution in [2.45, 2.75) is 31.5 Å². The number of alkyl halides is 3. The third-order valence-corrected chi connectivity index (χ3v) is 2.61. The van der Waals surface area contributed by atoms with Gasteiger partial charge in [-0.05, 0) is 37.1 Å². The van der Waals surface area contributed by atoms with Gasteiger partial charge in [0, 0.05) is 6.04 Å². The van der Waals surface area contributed by atoms with E-state index < -0.39 is 11.7 Å². The summed E-state index contributed by atoms with van der Waals surface area (Å²) in [5, 5.41) is 0. The van der Waals surface area contributed by atoms with Crippen LogP contribution in [0, 0.1) is 0 Å². The Balaban J connectivity index is 0.00000289. The minimum absolute atomic E-state index is 0. The van der Waals surface area contributed by atoms with E-state index >= 15 is 0 Å². The van der Waals surface area contributed by atoms with Crippen molar-refractivity contribution in [1.82, 2.24) is 0 Å². The molecule has 0 aliphatic carbocycles. The Morgan fingerprint density at radius 1 is 1.17 bits per heavy atom. The molecule has 0 aromatic heterocycles. The molecule has 1 aromatic carbocycles. The summed E-state index contributed by atoms with van der Waals surface area (Å²) in [6.07, 6.45) is -1.99. The zero-order valence-corrected chi connectivity index (χ0v) is 10.7. The first-order chi connectivity index (χ1) is 7.95. The van der Waals surface area contributed by atoms with Crippen molar-refractivity contribution in [1.29, 1.82) is 0 Å². The smallest absolute Gasteiger partial charge is 0.330 e. The lowest BCUT2D eigenvalue weighted by Crippen LogP contribution is -2.13. The molecule has 0 saturated heterocycles. The molecule has 0 aliphatic heterocycles. The molecule has 18 heavy (non-hydrogen) atoms. The highest BCUT2D eigenvalue weighted by atomic mass is 35.5. The van der Waals surface area contributed by atoms with E-state index in [-0.39, 0.29) is 18.4 Å². The van der Waals surface area contributed by atoms with E-state index in [1.165, 1.54) is 6.07 Å². The molecule has 0 spiro atoms. The molecule has 0 fully saturated rings. The van der Waals surface area contributed by atoms with Crippen LogP contribution < -0.4 is 11.5 Å². The molecule has 104 valence electrons. The van der Waals surface area contributed by atoms with E-state index in [9.17, 15) is 13.2 Å². The van der Waals surface area contributed by atoms with Gasteiger partial charge < -0.3 is 11.5 Å². The van der Waals surface area contributed by atoms with Gasteiger partial charge in [0.25, 0.3) is 0 Å².